The molecule has 0 saturated heterocycles. The van der Waals surface area contributed by atoms with Gasteiger partial charge in [0.15, 0.2) is 11.5 Å². The zero-order valence-corrected chi connectivity index (χ0v) is 17.5. The predicted molar refractivity (Wildman–Crippen MR) is 124 cm³/mol. The summed E-state index contributed by atoms with van der Waals surface area (Å²) in [7, 11) is 0. The van der Waals surface area contributed by atoms with Gasteiger partial charge in [0.05, 0.1) is 12.0 Å². The summed E-state index contributed by atoms with van der Waals surface area (Å²) in [4.78, 5) is 20.5. The molecule has 0 aliphatic heterocycles. The summed E-state index contributed by atoms with van der Waals surface area (Å²) in [6, 6.07) is 5.92. The molecule has 3 aromatic heterocycles. The van der Waals surface area contributed by atoms with Crippen molar-refractivity contribution in [3.05, 3.63) is 91.0 Å². The number of hydrogen-bond donors (Lipinski definition) is 3. The van der Waals surface area contributed by atoms with Gasteiger partial charge in [-0.15, -0.1) is 0 Å². The van der Waals surface area contributed by atoms with E-state index in [1.807, 2.05) is 0 Å². The topological polar surface area (TPSA) is 91.4 Å². The van der Waals surface area contributed by atoms with Crippen LogP contribution < -0.4 is 10.0 Å². The van der Waals surface area contributed by atoms with Crippen LogP contribution in [0.1, 0.15) is 0 Å². The molecule has 0 fully saturated rings. The number of hydrogen-bond acceptors (Lipinski definition) is 7. The molecule has 32 heavy (non-hydrogen) atoms. The second-order valence-electron chi connectivity index (χ2n) is 6.34. The number of aromatic nitrogens is 5. The number of nitrogens with one attached hydrogen (secondary N) is 3. The second kappa shape index (κ2) is 9.40. The van der Waals surface area contributed by atoms with Gasteiger partial charge in [-0.2, -0.15) is 0 Å². The van der Waals surface area contributed by atoms with Crippen molar-refractivity contribution in [3.8, 4) is 11.3 Å². The van der Waals surface area contributed by atoms with Gasteiger partial charge in [-0.05, 0) is 42.3 Å². The van der Waals surface area contributed by atoms with Crippen molar-refractivity contribution in [3.63, 3.8) is 0 Å². The molecule has 1 aromatic carbocycles. The number of imidazole rings is 1. The fraction of sp³-hybridized carbons (Fsp3) is 0. The third-order valence-electron chi connectivity index (χ3n) is 4.38. The van der Waals surface area contributed by atoms with Gasteiger partial charge in [0, 0.05) is 16.7 Å². The minimum absolute atomic E-state index is 0.0891. The monoisotopic (exact) mass is 449 g/mol. The van der Waals surface area contributed by atoms with E-state index in [-0.39, 0.29) is 17.2 Å². The van der Waals surface area contributed by atoms with Crippen molar-refractivity contribution in [2.45, 2.75) is 0 Å². The zero-order chi connectivity index (χ0) is 22.5. The predicted octanol–water partition coefficient (Wildman–Crippen LogP) is 5.75. The first-order valence-electron chi connectivity index (χ1n) is 9.35. The first-order chi connectivity index (χ1) is 15.6. The third-order valence-corrected chi connectivity index (χ3v) is 5.24. The highest BCUT2D eigenvalue weighted by molar-refractivity contribution is 8.04. The van der Waals surface area contributed by atoms with Gasteiger partial charge in [-0.3, -0.25) is 0 Å². The number of halogens is 2. The Morgan fingerprint density at radius 2 is 1.97 bits per heavy atom. The van der Waals surface area contributed by atoms with E-state index in [1.165, 1.54) is 31.0 Å². The van der Waals surface area contributed by atoms with Crippen molar-refractivity contribution in [2.75, 3.05) is 10.0 Å². The SMILES string of the molecule is C=C/C=C(\C=C)SNc1ccc(F)c(Nc2ncccc2-c2ncnc3nc[nH]c23)c1F. The van der Waals surface area contributed by atoms with Gasteiger partial charge < -0.3 is 15.0 Å². The number of nitrogens with zero attached hydrogens (tertiary/aromatic N) is 4. The molecule has 0 amide bonds. The van der Waals surface area contributed by atoms with Crippen LogP contribution in [0.3, 0.4) is 0 Å². The maximum absolute atomic E-state index is 15.2. The van der Waals surface area contributed by atoms with E-state index in [4.69, 9.17) is 0 Å². The quantitative estimate of drug-likeness (QED) is 0.233. The fourth-order valence-electron chi connectivity index (χ4n) is 2.90. The number of allylic oxidation sites excluding steroid dienone is 3. The van der Waals surface area contributed by atoms with Crippen molar-refractivity contribution in [1.82, 2.24) is 24.9 Å². The van der Waals surface area contributed by atoms with Gasteiger partial charge in [0.25, 0.3) is 0 Å². The smallest absolute Gasteiger partial charge is 0.181 e. The maximum Gasteiger partial charge on any atom is 0.181 e. The molecular formula is C22H17F2N7S. The number of anilines is 3. The number of rotatable bonds is 8. The number of fused-ring (bicyclic) bond motifs is 1. The highest BCUT2D eigenvalue weighted by atomic mass is 32.2. The third kappa shape index (κ3) is 4.21. The Morgan fingerprint density at radius 3 is 2.78 bits per heavy atom. The van der Waals surface area contributed by atoms with Gasteiger partial charge >= 0.3 is 0 Å². The average molecular weight is 449 g/mol. The van der Waals surface area contributed by atoms with E-state index in [2.05, 4.69) is 48.1 Å². The summed E-state index contributed by atoms with van der Waals surface area (Å²) in [6.45, 7) is 7.31. The Morgan fingerprint density at radius 1 is 1.09 bits per heavy atom. The molecular weight excluding hydrogens is 432 g/mol. The molecule has 0 unspecified atom stereocenters. The Hall–Kier alpha value is -4.05. The Kier molecular flexibility index (Phi) is 6.22. The van der Waals surface area contributed by atoms with Gasteiger partial charge in [0.2, 0.25) is 0 Å². The van der Waals surface area contributed by atoms with Crippen LogP contribution in [0.4, 0.5) is 26.0 Å². The van der Waals surface area contributed by atoms with Crippen LogP contribution in [0, 0.1) is 11.6 Å². The van der Waals surface area contributed by atoms with Gasteiger partial charge in [-0.25, -0.2) is 28.7 Å². The molecule has 0 aliphatic carbocycles. The molecule has 0 saturated carbocycles. The van der Waals surface area contributed by atoms with E-state index in [9.17, 15) is 4.39 Å². The molecule has 0 bridgehead atoms. The minimum atomic E-state index is -0.800. The van der Waals surface area contributed by atoms with E-state index >= 15 is 4.39 Å². The van der Waals surface area contributed by atoms with Crippen LogP contribution in [0.5, 0.6) is 0 Å². The molecule has 7 nitrogen and oxygen atoms in total. The molecule has 0 atom stereocenters. The Bertz CT molecular complexity index is 1330. The van der Waals surface area contributed by atoms with Gasteiger partial charge in [0.1, 0.15) is 34.9 Å². The van der Waals surface area contributed by atoms with Crippen molar-refractivity contribution >= 4 is 40.3 Å². The summed E-state index contributed by atoms with van der Waals surface area (Å²) in [6.07, 6.45) is 9.28. The molecule has 3 heterocycles. The molecule has 4 aromatic rings. The normalized spacial score (nSPS) is 11.4. The van der Waals surface area contributed by atoms with Crippen molar-refractivity contribution in [1.29, 1.82) is 0 Å². The molecule has 10 heteroatoms. The highest BCUT2D eigenvalue weighted by Gasteiger charge is 2.18. The lowest BCUT2D eigenvalue weighted by Gasteiger charge is -2.15. The lowest BCUT2D eigenvalue weighted by atomic mass is 10.1. The van der Waals surface area contributed by atoms with Crippen LogP contribution in [0.25, 0.3) is 22.4 Å². The first kappa shape index (κ1) is 21.2. The van der Waals surface area contributed by atoms with E-state index in [1.54, 1.807) is 30.4 Å². The fourth-order valence-corrected chi connectivity index (χ4v) is 3.54. The van der Waals surface area contributed by atoms with E-state index in [0.29, 0.717) is 22.4 Å². The summed E-state index contributed by atoms with van der Waals surface area (Å²) < 4.78 is 32.6. The lowest BCUT2D eigenvalue weighted by Crippen LogP contribution is -2.04. The van der Waals surface area contributed by atoms with E-state index < -0.39 is 11.6 Å². The molecule has 0 spiro atoms. The summed E-state index contributed by atoms with van der Waals surface area (Å²) in [5.74, 6) is -1.34. The van der Waals surface area contributed by atoms with Crippen molar-refractivity contribution in [2.24, 2.45) is 0 Å². The minimum Gasteiger partial charge on any atom is -0.341 e. The summed E-state index contributed by atoms with van der Waals surface area (Å²) >= 11 is 1.12. The molecule has 3 N–H and O–H groups in total. The molecule has 0 aliphatic rings. The Labute approximate surface area is 186 Å². The summed E-state index contributed by atoms with van der Waals surface area (Å²) in [5, 5.41) is 2.78. The average Bonchev–Trinajstić information content (AvgIpc) is 3.30. The molecule has 0 radical (unpaired) electrons. The largest absolute Gasteiger partial charge is 0.341 e. The van der Waals surface area contributed by atoms with Crippen LogP contribution in [-0.2, 0) is 0 Å². The lowest BCUT2D eigenvalue weighted by molar-refractivity contribution is 0.593. The van der Waals surface area contributed by atoms with Crippen molar-refractivity contribution < 1.29 is 8.78 Å². The highest BCUT2D eigenvalue weighted by Crippen LogP contribution is 2.34. The van der Waals surface area contributed by atoms with Gasteiger partial charge in [-0.1, -0.05) is 25.3 Å². The molecule has 4 rings (SSSR count). The zero-order valence-electron chi connectivity index (χ0n) is 16.6. The van der Waals surface area contributed by atoms with Crippen LogP contribution in [0.15, 0.2) is 79.4 Å². The van der Waals surface area contributed by atoms with Crippen LogP contribution >= 0.6 is 11.9 Å². The van der Waals surface area contributed by atoms with Crippen LogP contribution in [0.2, 0.25) is 0 Å². The summed E-state index contributed by atoms with van der Waals surface area (Å²) in [5.41, 5.74) is 1.82. The van der Waals surface area contributed by atoms with Crippen LogP contribution in [-0.4, -0.2) is 24.9 Å². The number of pyridine rings is 1. The number of H-pyrrole nitrogens is 1. The number of aromatic amines is 1. The maximum atomic E-state index is 15.2. The standard InChI is InChI=1S/C22H17F2N7S/c1-3-6-13(4-2)32-31-16-9-8-15(23)19(17(16)24)30-21-14(7-5-10-25-21)18-20-22(28-11-26-18)29-12-27-20/h3-12,31H,1-2H2,(H,25,30)(H,26,27,28,29)/b13-6+. The Balaban J connectivity index is 1.70. The number of benzene rings is 1. The first-order valence-corrected chi connectivity index (χ1v) is 10.2. The molecule has 160 valence electrons. The second-order valence-corrected chi connectivity index (χ2v) is 7.22. The van der Waals surface area contributed by atoms with E-state index in [0.717, 1.165) is 16.9 Å².